The second-order valence-corrected chi connectivity index (χ2v) is 9.87. The van der Waals surface area contributed by atoms with Gasteiger partial charge in [0.05, 0.1) is 12.0 Å². The quantitative estimate of drug-likeness (QED) is 0.435. The van der Waals surface area contributed by atoms with Crippen molar-refractivity contribution < 1.29 is 31.4 Å². The van der Waals surface area contributed by atoms with Crippen LogP contribution >= 0.6 is 0 Å². The van der Waals surface area contributed by atoms with E-state index < -0.39 is 16.4 Å². The normalized spacial score (nSPS) is 13.1. The van der Waals surface area contributed by atoms with Crippen molar-refractivity contribution >= 4 is 9.84 Å². The molecule has 4 rings (SSSR count). The van der Waals surface area contributed by atoms with Crippen LogP contribution in [0.1, 0.15) is 23.1 Å². The number of methoxy groups -OCH3 is 1. The first kappa shape index (κ1) is 23.0. The second kappa shape index (κ2) is 9.39. The first-order valence-electron chi connectivity index (χ1n) is 10.5. The minimum absolute atomic E-state index is 0.0798. The number of aryl methyl sites for hydroxylation is 1. The second-order valence-electron chi connectivity index (χ2n) is 7.85. The molecule has 0 aliphatic heterocycles. The summed E-state index contributed by atoms with van der Waals surface area (Å²) in [6.45, 7) is -2.93. The zero-order valence-corrected chi connectivity index (χ0v) is 19.1. The van der Waals surface area contributed by atoms with Gasteiger partial charge >= 0.3 is 6.61 Å². The molecule has 1 aliphatic carbocycles. The first-order chi connectivity index (χ1) is 15.8. The molecule has 174 valence electrons. The van der Waals surface area contributed by atoms with Gasteiger partial charge in [-0.2, -0.15) is 8.78 Å². The van der Waals surface area contributed by atoms with Crippen molar-refractivity contribution in [1.29, 1.82) is 0 Å². The summed E-state index contributed by atoms with van der Waals surface area (Å²) in [5, 5.41) is 0. The molecule has 0 amide bonds. The molecule has 0 spiro atoms. The Bertz CT molecular complexity index is 1250. The molecule has 5 nitrogen and oxygen atoms in total. The number of alkyl halides is 2. The van der Waals surface area contributed by atoms with Crippen LogP contribution in [0.5, 0.6) is 17.2 Å². The molecule has 0 atom stereocenters. The van der Waals surface area contributed by atoms with E-state index in [0.717, 1.165) is 36.6 Å². The number of halogens is 2. The molecule has 0 heterocycles. The highest BCUT2D eigenvalue weighted by Gasteiger charge is 2.24. The molecule has 0 saturated carbocycles. The monoisotopic (exact) mass is 474 g/mol. The van der Waals surface area contributed by atoms with E-state index in [1.165, 1.54) is 36.4 Å². The van der Waals surface area contributed by atoms with Gasteiger partial charge in [0.25, 0.3) is 0 Å². The van der Waals surface area contributed by atoms with Crippen molar-refractivity contribution in [2.45, 2.75) is 37.4 Å². The summed E-state index contributed by atoms with van der Waals surface area (Å²) in [5.41, 5.74) is 4.88. The fourth-order valence-electron chi connectivity index (χ4n) is 4.14. The number of sulfone groups is 1. The average molecular weight is 475 g/mol. The van der Waals surface area contributed by atoms with Gasteiger partial charge in [0.2, 0.25) is 5.75 Å². The largest absolute Gasteiger partial charge is 0.490 e. The number of ether oxygens (including phenoxy) is 3. The molecular weight excluding hydrogens is 450 g/mol. The Kier molecular flexibility index (Phi) is 6.56. The van der Waals surface area contributed by atoms with Crippen LogP contribution in [0.25, 0.3) is 11.1 Å². The minimum Gasteiger partial charge on any atom is -0.490 e. The van der Waals surface area contributed by atoms with Crippen LogP contribution in [0.4, 0.5) is 8.78 Å². The predicted molar refractivity (Wildman–Crippen MR) is 121 cm³/mol. The summed E-state index contributed by atoms with van der Waals surface area (Å²) < 4.78 is 65.6. The number of hydrogen-bond donors (Lipinski definition) is 0. The van der Waals surface area contributed by atoms with E-state index in [-0.39, 0.29) is 23.0 Å². The van der Waals surface area contributed by atoms with Crippen LogP contribution in [0, 0.1) is 0 Å². The summed E-state index contributed by atoms with van der Waals surface area (Å²) in [6.07, 6.45) is 4.12. The number of benzene rings is 3. The summed E-state index contributed by atoms with van der Waals surface area (Å²) in [4.78, 5) is 0.205. The van der Waals surface area contributed by atoms with Gasteiger partial charge in [-0.25, -0.2) is 8.42 Å². The Balaban J connectivity index is 1.75. The van der Waals surface area contributed by atoms with Crippen molar-refractivity contribution in [3.05, 3.63) is 71.3 Å². The maximum Gasteiger partial charge on any atom is 0.387 e. The van der Waals surface area contributed by atoms with Crippen LogP contribution in [0.3, 0.4) is 0 Å². The zero-order chi connectivity index (χ0) is 23.6. The first-order valence-corrected chi connectivity index (χ1v) is 12.4. The lowest BCUT2D eigenvalue weighted by molar-refractivity contribution is -0.0513. The molecule has 0 N–H and O–H groups in total. The smallest absolute Gasteiger partial charge is 0.387 e. The highest BCUT2D eigenvalue weighted by atomic mass is 32.2. The van der Waals surface area contributed by atoms with Crippen LogP contribution in [-0.2, 0) is 29.3 Å². The fourth-order valence-corrected chi connectivity index (χ4v) is 4.77. The number of fused-ring (bicyclic) bond motifs is 1. The van der Waals surface area contributed by atoms with E-state index in [9.17, 15) is 17.2 Å². The third-order valence-electron chi connectivity index (χ3n) is 5.67. The Morgan fingerprint density at radius 1 is 0.939 bits per heavy atom. The number of hydrogen-bond acceptors (Lipinski definition) is 5. The molecule has 3 aromatic carbocycles. The maximum atomic E-state index is 13.0. The van der Waals surface area contributed by atoms with Gasteiger partial charge in [0, 0.05) is 11.8 Å². The predicted octanol–water partition coefficient (Wildman–Crippen LogP) is 5.43. The lowest BCUT2D eigenvalue weighted by atomic mass is 9.95. The van der Waals surface area contributed by atoms with Crippen molar-refractivity contribution in [1.82, 2.24) is 0 Å². The number of rotatable bonds is 8. The average Bonchev–Trinajstić information content (AvgIpc) is 3.26. The van der Waals surface area contributed by atoms with Gasteiger partial charge in [-0.15, -0.1) is 0 Å². The van der Waals surface area contributed by atoms with Crippen molar-refractivity contribution in [3.8, 4) is 28.4 Å². The molecule has 1 aliphatic rings. The van der Waals surface area contributed by atoms with Gasteiger partial charge in [-0.1, -0.05) is 30.3 Å². The zero-order valence-electron chi connectivity index (χ0n) is 18.3. The SMILES string of the molecule is COc1c(OC(F)F)ccc(-c2cccc3c2CCC3)c1OCc1ccc(S(C)(=O)=O)cc1. The molecule has 0 saturated heterocycles. The van der Waals surface area contributed by atoms with Crippen molar-refractivity contribution in [2.75, 3.05) is 13.4 Å². The van der Waals surface area contributed by atoms with Gasteiger partial charge in [0.1, 0.15) is 6.61 Å². The summed E-state index contributed by atoms with van der Waals surface area (Å²) in [5.74, 6) is 0.255. The van der Waals surface area contributed by atoms with E-state index >= 15 is 0 Å². The maximum absolute atomic E-state index is 13.0. The van der Waals surface area contributed by atoms with Crippen LogP contribution in [0.2, 0.25) is 0 Å². The molecule has 0 fully saturated rings. The molecule has 33 heavy (non-hydrogen) atoms. The Hall–Kier alpha value is -3.13. The van der Waals surface area contributed by atoms with E-state index in [0.29, 0.717) is 11.3 Å². The topological polar surface area (TPSA) is 61.8 Å². The Morgan fingerprint density at radius 2 is 1.70 bits per heavy atom. The molecular formula is C25H24F2O5S. The summed E-state index contributed by atoms with van der Waals surface area (Å²) >= 11 is 0. The standard InChI is InChI=1S/C25H24F2O5S/c1-30-24-22(32-25(26)27)14-13-21(20-8-4-6-17-5-3-7-19(17)20)23(24)31-15-16-9-11-18(12-10-16)33(2,28)29/h4,6,8-14,25H,3,5,7,15H2,1-2H3. The lowest BCUT2D eigenvalue weighted by Crippen LogP contribution is -2.06. The fraction of sp³-hybridized carbons (Fsp3) is 0.280. The molecule has 0 unspecified atom stereocenters. The molecule has 0 bridgehead atoms. The minimum atomic E-state index is -3.31. The van der Waals surface area contributed by atoms with Crippen LogP contribution in [0.15, 0.2) is 59.5 Å². The van der Waals surface area contributed by atoms with Gasteiger partial charge in [0.15, 0.2) is 21.3 Å². The summed E-state index contributed by atoms with van der Waals surface area (Å²) in [7, 11) is -1.94. The third kappa shape index (κ3) is 4.95. The Labute approximate surface area is 191 Å². The van der Waals surface area contributed by atoms with E-state index in [4.69, 9.17) is 9.47 Å². The molecule has 0 radical (unpaired) electrons. The van der Waals surface area contributed by atoms with Crippen molar-refractivity contribution in [3.63, 3.8) is 0 Å². The molecule has 0 aromatic heterocycles. The van der Waals surface area contributed by atoms with Crippen LogP contribution < -0.4 is 14.2 Å². The third-order valence-corrected chi connectivity index (χ3v) is 6.80. The van der Waals surface area contributed by atoms with Gasteiger partial charge in [-0.05, 0) is 65.8 Å². The Morgan fingerprint density at radius 3 is 2.36 bits per heavy atom. The van der Waals surface area contributed by atoms with E-state index in [1.807, 2.05) is 12.1 Å². The van der Waals surface area contributed by atoms with E-state index in [2.05, 4.69) is 10.8 Å². The van der Waals surface area contributed by atoms with Gasteiger partial charge < -0.3 is 14.2 Å². The molecule has 8 heteroatoms. The highest BCUT2D eigenvalue weighted by molar-refractivity contribution is 7.90. The lowest BCUT2D eigenvalue weighted by Gasteiger charge is -2.20. The molecule has 3 aromatic rings. The summed E-state index contributed by atoms with van der Waals surface area (Å²) in [6, 6.07) is 15.5. The highest BCUT2D eigenvalue weighted by Crippen LogP contribution is 2.47. The van der Waals surface area contributed by atoms with Crippen LogP contribution in [-0.4, -0.2) is 28.4 Å². The van der Waals surface area contributed by atoms with Crippen molar-refractivity contribution in [2.24, 2.45) is 0 Å². The van der Waals surface area contributed by atoms with E-state index in [1.54, 1.807) is 18.2 Å². The van der Waals surface area contributed by atoms with Gasteiger partial charge in [-0.3, -0.25) is 0 Å².